The number of nitrogens with one attached hydrogen (secondary N) is 2. The lowest BCUT2D eigenvalue weighted by molar-refractivity contribution is 0.295. The third kappa shape index (κ3) is 6.09. The van der Waals surface area contributed by atoms with Crippen molar-refractivity contribution in [2.24, 2.45) is 0 Å². The predicted molar refractivity (Wildman–Crippen MR) is 180 cm³/mol. The van der Waals surface area contributed by atoms with Crippen molar-refractivity contribution in [3.05, 3.63) is 60.7 Å². The molecule has 0 amide bonds. The van der Waals surface area contributed by atoms with E-state index in [9.17, 15) is 0 Å². The van der Waals surface area contributed by atoms with Gasteiger partial charge in [0.05, 0.1) is 13.2 Å². The van der Waals surface area contributed by atoms with Crippen molar-refractivity contribution in [3.8, 4) is 11.8 Å². The standard InChI is InChI=1S/C38H46N2O2/c1-3-5-7-9-11-13-23-41-37-25-33-31-17-15-28-27(29(31)19-21-35(33)39-37)16-18-32-30(28)20-22-36-34(32)26-38(40-36)42-24-14-12-10-8-6-4-2/h15-22,25-26,39-40H,3-14,23-24H2,1-2H3. The van der Waals surface area contributed by atoms with Gasteiger partial charge in [0.1, 0.15) is 0 Å². The molecule has 2 N–H and O–H groups in total. The quantitative estimate of drug-likeness (QED) is 0.0910. The van der Waals surface area contributed by atoms with Crippen LogP contribution in [-0.2, 0) is 0 Å². The van der Waals surface area contributed by atoms with E-state index in [4.69, 9.17) is 9.47 Å². The molecule has 0 atom stereocenters. The first-order valence-corrected chi connectivity index (χ1v) is 16.4. The third-order valence-corrected chi connectivity index (χ3v) is 8.86. The van der Waals surface area contributed by atoms with E-state index >= 15 is 0 Å². The SMILES string of the molecule is CCCCCCCCOc1cc2c(ccc3c2ccc2c4ccc5[nH]c(OCCCCCCCC)cc5c4ccc32)[nH]1. The number of hydrogen-bond donors (Lipinski definition) is 2. The minimum atomic E-state index is 0.769. The van der Waals surface area contributed by atoms with Crippen LogP contribution in [0, 0.1) is 0 Å². The van der Waals surface area contributed by atoms with Gasteiger partial charge < -0.3 is 19.4 Å². The number of benzene rings is 4. The number of fused-ring (bicyclic) bond motifs is 9. The van der Waals surface area contributed by atoms with E-state index in [1.165, 1.54) is 107 Å². The second-order valence-electron chi connectivity index (χ2n) is 12.0. The molecule has 0 spiro atoms. The van der Waals surface area contributed by atoms with Gasteiger partial charge in [0, 0.05) is 33.9 Å². The number of rotatable bonds is 16. The first-order chi connectivity index (χ1) is 20.8. The maximum atomic E-state index is 6.12. The Morgan fingerprint density at radius 1 is 0.405 bits per heavy atom. The number of H-pyrrole nitrogens is 2. The van der Waals surface area contributed by atoms with Gasteiger partial charge in [-0.3, -0.25) is 0 Å². The minimum absolute atomic E-state index is 0.769. The minimum Gasteiger partial charge on any atom is -0.479 e. The van der Waals surface area contributed by atoms with Gasteiger partial charge in [-0.25, -0.2) is 0 Å². The first-order valence-electron chi connectivity index (χ1n) is 16.4. The summed E-state index contributed by atoms with van der Waals surface area (Å²) in [5, 5.41) is 10.1. The van der Waals surface area contributed by atoms with Crippen molar-refractivity contribution in [3.63, 3.8) is 0 Å². The summed E-state index contributed by atoms with van der Waals surface area (Å²) in [7, 11) is 0. The van der Waals surface area contributed by atoms with Crippen LogP contribution < -0.4 is 9.47 Å². The van der Waals surface area contributed by atoms with Crippen LogP contribution in [0.15, 0.2) is 60.7 Å². The van der Waals surface area contributed by atoms with Gasteiger partial charge in [-0.2, -0.15) is 0 Å². The zero-order chi connectivity index (χ0) is 28.7. The summed E-state index contributed by atoms with van der Waals surface area (Å²) in [4.78, 5) is 6.98. The molecule has 2 heterocycles. The monoisotopic (exact) mass is 562 g/mol. The maximum Gasteiger partial charge on any atom is 0.191 e. The smallest absolute Gasteiger partial charge is 0.191 e. The summed E-state index contributed by atoms with van der Waals surface area (Å²) in [5.74, 6) is 1.74. The van der Waals surface area contributed by atoms with Gasteiger partial charge in [0.25, 0.3) is 0 Å². The molecule has 0 bridgehead atoms. The van der Waals surface area contributed by atoms with Crippen LogP contribution in [0.1, 0.15) is 90.9 Å². The van der Waals surface area contributed by atoms with Crippen molar-refractivity contribution >= 4 is 54.1 Å². The lowest BCUT2D eigenvalue weighted by atomic mass is 9.95. The van der Waals surface area contributed by atoms with Crippen molar-refractivity contribution in [2.75, 3.05) is 13.2 Å². The van der Waals surface area contributed by atoms with E-state index in [1.807, 2.05) is 0 Å². The summed E-state index contributed by atoms with van der Waals surface area (Å²) in [6.45, 7) is 6.06. The number of unbranched alkanes of at least 4 members (excludes halogenated alkanes) is 10. The highest BCUT2D eigenvalue weighted by molar-refractivity contribution is 6.24. The van der Waals surface area contributed by atoms with Crippen LogP contribution in [0.3, 0.4) is 0 Å². The van der Waals surface area contributed by atoms with Crippen molar-refractivity contribution in [1.82, 2.24) is 9.97 Å². The van der Waals surface area contributed by atoms with Gasteiger partial charge in [-0.05, 0) is 57.3 Å². The Bertz CT molecular complexity index is 1650. The molecular formula is C38H46N2O2. The average Bonchev–Trinajstić information content (AvgIpc) is 3.63. The molecule has 0 saturated heterocycles. The number of aromatic amines is 2. The predicted octanol–water partition coefficient (Wildman–Crippen LogP) is 11.6. The van der Waals surface area contributed by atoms with Gasteiger partial charge in [-0.15, -0.1) is 0 Å². The lowest BCUT2D eigenvalue weighted by Gasteiger charge is -2.09. The molecule has 0 aliphatic carbocycles. The van der Waals surface area contributed by atoms with E-state index in [0.29, 0.717) is 0 Å². The highest BCUT2D eigenvalue weighted by Gasteiger charge is 2.12. The molecule has 220 valence electrons. The highest BCUT2D eigenvalue weighted by atomic mass is 16.5. The summed E-state index contributed by atoms with van der Waals surface area (Å²) in [6.07, 6.45) is 15.2. The fourth-order valence-corrected chi connectivity index (χ4v) is 6.50. The molecule has 0 radical (unpaired) electrons. The molecule has 0 aliphatic rings. The molecule has 0 fully saturated rings. The fourth-order valence-electron chi connectivity index (χ4n) is 6.50. The Balaban J connectivity index is 1.21. The number of hydrogen-bond acceptors (Lipinski definition) is 2. The summed E-state index contributed by atoms with van der Waals surface area (Å²) < 4.78 is 12.2. The molecule has 4 aromatic carbocycles. The zero-order valence-electron chi connectivity index (χ0n) is 25.5. The van der Waals surface area contributed by atoms with E-state index in [1.54, 1.807) is 0 Å². The average molecular weight is 563 g/mol. The molecular weight excluding hydrogens is 516 g/mol. The van der Waals surface area contributed by atoms with Crippen LogP contribution in [-0.4, -0.2) is 23.2 Å². The maximum absolute atomic E-state index is 6.12. The lowest BCUT2D eigenvalue weighted by Crippen LogP contribution is -1.97. The molecule has 0 saturated carbocycles. The normalized spacial score (nSPS) is 12.0. The fraction of sp³-hybridized carbons (Fsp3) is 0.421. The molecule has 0 unspecified atom stereocenters. The molecule has 0 aliphatic heterocycles. The van der Waals surface area contributed by atoms with Crippen molar-refractivity contribution in [1.29, 1.82) is 0 Å². The van der Waals surface area contributed by atoms with Crippen molar-refractivity contribution < 1.29 is 9.47 Å². The van der Waals surface area contributed by atoms with Crippen LogP contribution in [0.4, 0.5) is 0 Å². The summed E-state index contributed by atoms with van der Waals surface area (Å²) in [6, 6.07) is 22.4. The van der Waals surface area contributed by atoms with E-state index in [-0.39, 0.29) is 0 Å². The number of aromatic nitrogens is 2. The third-order valence-electron chi connectivity index (χ3n) is 8.86. The van der Waals surface area contributed by atoms with Gasteiger partial charge in [-0.1, -0.05) is 114 Å². The molecule has 4 nitrogen and oxygen atoms in total. The Kier molecular flexibility index (Phi) is 9.18. The summed E-state index contributed by atoms with van der Waals surface area (Å²) in [5.41, 5.74) is 2.26. The molecule has 6 aromatic rings. The van der Waals surface area contributed by atoms with Crippen LogP contribution >= 0.6 is 0 Å². The van der Waals surface area contributed by atoms with Gasteiger partial charge in [0.2, 0.25) is 0 Å². The Morgan fingerprint density at radius 3 is 1.14 bits per heavy atom. The van der Waals surface area contributed by atoms with Crippen LogP contribution in [0.25, 0.3) is 54.1 Å². The molecule has 6 rings (SSSR count). The highest BCUT2D eigenvalue weighted by Crippen LogP contribution is 2.38. The van der Waals surface area contributed by atoms with E-state index in [0.717, 1.165) is 48.8 Å². The topological polar surface area (TPSA) is 50.0 Å². The zero-order valence-corrected chi connectivity index (χ0v) is 25.5. The van der Waals surface area contributed by atoms with Crippen molar-refractivity contribution in [2.45, 2.75) is 90.9 Å². The Hall–Kier alpha value is -3.66. The van der Waals surface area contributed by atoms with Crippen LogP contribution in [0.5, 0.6) is 11.8 Å². The summed E-state index contributed by atoms with van der Waals surface area (Å²) >= 11 is 0. The second-order valence-corrected chi connectivity index (χ2v) is 12.0. The molecule has 2 aromatic heterocycles. The van der Waals surface area contributed by atoms with Gasteiger partial charge in [0.15, 0.2) is 11.8 Å². The van der Waals surface area contributed by atoms with E-state index in [2.05, 4.69) is 84.5 Å². The molecule has 42 heavy (non-hydrogen) atoms. The Labute approximate surface area is 249 Å². The first kappa shape index (κ1) is 28.5. The van der Waals surface area contributed by atoms with Gasteiger partial charge >= 0.3 is 0 Å². The second kappa shape index (κ2) is 13.5. The Morgan fingerprint density at radius 2 is 0.738 bits per heavy atom. The van der Waals surface area contributed by atoms with E-state index < -0.39 is 0 Å². The number of ether oxygens (including phenoxy) is 2. The van der Waals surface area contributed by atoms with Crippen LogP contribution in [0.2, 0.25) is 0 Å². The largest absolute Gasteiger partial charge is 0.479 e. The molecule has 4 heteroatoms.